The summed E-state index contributed by atoms with van der Waals surface area (Å²) in [6, 6.07) is 0. The molecule has 1 fully saturated rings. The summed E-state index contributed by atoms with van der Waals surface area (Å²) in [5.74, 6) is 1.55. The monoisotopic (exact) mass is 222 g/mol. The lowest BCUT2D eigenvalue weighted by Crippen LogP contribution is -2.32. The first-order chi connectivity index (χ1) is 7.72. The molecule has 0 radical (unpaired) electrons. The molecule has 5 nitrogen and oxygen atoms in total. The van der Waals surface area contributed by atoms with E-state index in [4.69, 9.17) is 4.74 Å². The van der Waals surface area contributed by atoms with Crippen LogP contribution in [0.1, 0.15) is 19.8 Å². The number of aromatic nitrogens is 2. The highest BCUT2D eigenvalue weighted by Crippen LogP contribution is 2.25. The molecule has 1 aliphatic heterocycles. The average Bonchev–Trinajstić information content (AvgIpc) is 2.75. The van der Waals surface area contributed by atoms with Crippen LogP contribution in [0, 0.1) is 0 Å². The predicted octanol–water partition coefficient (Wildman–Crippen LogP) is 1.50. The van der Waals surface area contributed by atoms with E-state index in [2.05, 4.69) is 27.5 Å². The van der Waals surface area contributed by atoms with Crippen LogP contribution in [0.3, 0.4) is 0 Å². The molecule has 0 aromatic carbocycles. The van der Waals surface area contributed by atoms with Gasteiger partial charge in [-0.05, 0) is 19.8 Å². The van der Waals surface area contributed by atoms with Gasteiger partial charge in [0.15, 0.2) is 0 Å². The van der Waals surface area contributed by atoms with Gasteiger partial charge in [0, 0.05) is 20.2 Å². The van der Waals surface area contributed by atoms with Crippen LogP contribution < -0.4 is 10.6 Å². The van der Waals surface area contributed by atoms with Gasteiger partial charge in [0.1, 0.15) is 11.6 Å². The molecule has 2 N–H and O–H groups in total. The van der Waals surface area contributed by atoms with Crippen molar-refractivity contribution in [2.45, 2.75) is 25.4 Å². The van der Waals surface area contributed by atoms with Crippen LogP contribution in [-0.2, 0) is 4.74 Å². The van der Waals surface area contributed by atoms with Crippen LogP contribution >= 0.6 is 0 Å². The first-order valence-corrected chi connectivity index (χ1v) is 5.59. The Balaban J connectivity index is 1.93. The maximum absolute atomic E-state index is 5.69. The molecule has 1 atom stereocenters. The number of hydrogen-bond acceptors (Lipinski definition) is 5. The molecule has 88 valence electrons. The number of nitrogens with one attached hydrogen (secondary N) is 2. The summed E-state index contributed by atoms with van der Waals surface area (Å²) in [6.45, 7) is 3.76. The lowest BCUT2D eigenvalue weighted by molar-refractivity contribution is 0.0315. The number of rotatable bonds is 4. The minimum Gasteiger partial charge on any atom is -0.373 e. The second-order valence-electron chi connectivity index (χ2n) is 4.30. The standard InChI is InChI=1S/C11H18N4O/c1-11(4-3-5-16-11)8-14-10-7-13-6-9(12-2)15-10/h6-7H,3-5,8H2,1-2H3,(H2,12,14,15). The maximum Gasteiger partial charge on any atom is 0.147 e. The summed E-state index contributed by atoms with van der Waals surface area (Å²) >= 11 is 0. The van der Waals surface area contributed by atoms with Crippen molar-refractivity contribution in [2.75, 3.05) is 30.8 Å². The second-order valence-corrected chi connectivity index (χ2v) is 4.30. The first kappa shape index (κ1) is 11.1. The highest BCUT2D eigenvalue weighted by atomic mass is 16.5. The summed E-state index contributed by atoms with van der Waals surface area (Å²) in [7, 11) is 1.83. The molecule has 0 bridgehead atoms. The molecule has 0 aliphatic carbocycles. The Hall–Kier alpha value is -1.36. The number of anilines is 2. The molecule has 1 saturated heterocycles. The van der Waals surface area contributed by atoms with Crippen LogP contribution in [0.2, 0.25) is 0 Å². The molecule has 1 aromatic heterocycles. The quantitative estimate of drug-likeness (QED) is 0.808. The third-order valence-corrected chi connectivity index (χ3v) is 2.83. The van der Waals surface area contributed by atoms with Crippen LogP contribution in [0.25, 0.3) is 0 Å². The summed E-state index contributed by atoms with van der Waals surface area (Å²) in [5.41, 5.74) is -0.0582. The van der Waals surface area contributed by atoms with Crippen LogP contribution in [0.4, 0.5) is 11.6 Å². The van der Waals surface area contributed by atoms with Crippen molar-refractivity contribution < 1.29 is 4.74 Å². The smallest absolute Gasteiger partial charge is 0.147 e. The summed E-state index contributed by atoms with van der Waals surface area (Å²) in [4.78, 5) is 8.44. The highest BCUT2D eigenvalue weighted by Gasteiger charge is 2.29. The summed E-state index contributed by atoms with van der Waals surface area (Å²) < 4.78 is 5.69. The van der Waals surface area contributed by atoms with Crippen molar-refractivity contribution in [1.29, 1.82) is 0 Å². The van der Waals surface area contributed by atoms with E-state index >= 15 is 0 Å². The molecule has 1 unspecified atom stereocenters. The highest BCUT2D eigenvalue weighted by molar-refractivity contribution is 5.41. The zero-order chi connectivity index (χ0) is 11.4. The van der Waals surface area contributed by atoms with Gasteiger partial charge in [0.2, 0.25) is 0 Å². The Labute approximate surface area is 95.6 Å². The lowest BCUT2D eigenvalue weighted by atomic mass is 10.0. The van der Waals surface area contributed by atoms with Crippen molar-refractivity contribution in [3.63, 3.8) is 0 Å². The van der Waals surface area contributed by atoms with E-state index in [1.807, 2.05) is 7.05 Å². The number of hydrogen-bond donors (Lipinski definition) is 2. The van der Waals surface area contributed by atoms with Gasteiger partial charge in [-0.1, -0.05) is 0 Å². The van der Waals surface area contributed by atoms with Gasteiger partial charge >= 0.3 is 0 Å². The molecule has 1 aliphatic rings. The maximum atomic E-state index is 5.69. The molecule has 0 spiro atoms. The lowest BCUT2D eigenvalue weighted by Gasteiger charge is -2.23. The van der Waals surface area contributed by atoms with Gasteiger partial charge in [-0.25, -0.2) is 4.98 Å². The normalized spacial score (nSPS) is 24.4. The molecule has 0 amide bonds. The van der Waals surface area contributed by atoms with Crippen molar-refractivity contribution in [2.24, 2.45) is 0 Å². The first-order valence-electron chi connectivity index (χ1n) is 5.59. The van der Waals surface area contributed by atoms with E-state index in [1.165, 1.54) is 0 Å². The molecular weight excluding hydrogens is 204 g/mol. The third kappa shape index (κ3) is 2.61. The topological polar surface area (TPSA) is 59.1 Å². The predicted molar refractivity (Wildman–Crippen MR) is 63.7 cm³/mol. The van der Waals surface area contributed by atoms with Gasteiger partial charge in [0.25, 0.3) is 0 Å². The van der Waals surface area contributed by atoms with Crippen LogP contribution in [0.15, 0.2) is 12.4 Å². The second kappa shape index (κ2) is 4.65. The summed E-state index contributed by atoms with van der Waals surface area (Å²) in [6.07, 6.45) is 5.65. The zero-order valence-corrected chi connectivity index (χ0v) is 9.79. The van der Waals surface area contributed by atoms with Crippen LogP contribution in [0.5, 0.6) is 0 Å². The molecule has 5 heteroatoms. The van der Waals surface area contributed by atoms with E-state index in [0.717, 1.165) is 37.6 Å². The Morgan fingerprint density at radius 3 is 2.94 bits per heavy atom. The fourth-order valence-corrected chi connectivity index (χ4v) is 1.83. The van der Waals surface area contributed by atoms with Gasteiger partial charge in [0.05, 0.1) is 18.0 Å². The fraction of sp³-hybridized carbons (Fsp3) is 0.636. The SMILES string of the molecule is CNc1cncc(NCC2(C)CCCO2)n1. The van der Waals surface area contributed by atoms with Crippen molar-refractivity contribution in [3.05, 3.63) is 12.4 Å². The van der Waals surface area contributed by atoms with Crippen molar-refractivity contribution in [1.82, 2.24) is 9.97 Å². The molecule has 2 heterocycles. The molecule has 1 aromatic rings. The minimum absolute atomic E-state index is 0.0582. The Kier molecular flexibility index (Phi) is 3.24. The Morgan fingerprint density at radius 1 is 1.44 bits per heavy atom. The van der Waals surface area contributed by atoms with E-state index < -0.39 is 0 Å². The molecule has 0 saturated carbocycles. The largest absolute Gasteiger partial charge is 0.373 e. The zero-order valence-electron chi connectivity index (χ0n) is 9.79. The Morgan fingerprint density at radius 2 is 2.25 bits per heavy atom. The van der Waals surface area contributed by atoms with E-state index in [0.29, 0.717) is 0 Å². The Bertz CT molecular complexity index is 350. The van der Waals surface area contributed by atoms with Crippen LogP contribution in [-0.4, -0.2) is 35.8 Å². The van der Waals surface area contributed by atoms with Crippen molar-refractivity contribution >= 4 is 11.6 Å². The van der Waals surface area contributed by atoms with Gasteiger partial charge in [-0.2, -0.15) is 0 Å². The van der Waals surface area contributed by atoms with E-state index in [9.17, 15) is 0 Å². The molecule has 16 heavy (non-hydrogen) atoms. The van der Waals surface area contributed by atoms with E-state index in [1.54, 1.807) is 12.4 Å². The fourth-order valence-electron chi connectivity index (χ4n) is 1.83. The average molecular weight is 222 g/mol. The molecular formula is C11H18N4O. The molecule has 2 rings (SSSR count). The van der Waals surface area contributed by atoms with E-state index in [-0.39, 0.29) is 5.60 Å². The number of ether oxygens (including phenoxy) is 1. The minimum atomic E-state index is -0.0582. The number of nitrogens with zero attached hydrogens (tertiary/aromatic N) is 2. The summed E-state index contributed by atoms with van der Waals surface area (Å²) in [5, 5.41) is 6.22. The third-order valence-electron chi connectivity index (χ3n) is 2.83. The van der Waals surface area contributed by atoms with Gasteiger partial charge in [-0.15, -0.1) is 0 Å². The van der Waals surface area contributed by atoms with Gasteiger partial charge < -0.3 is 15.4 Å². The van der Waals surface area contributed by atoms with Gasteiger partial charge in [-0.3, -0.25) is 4.98 Å². The van der Waals surface area contributed by atoms with Crippen molar-refractivity contribution in [3.8, 4) is 0 Å².